The molecule has 0 saturated heterocycles. The van der Waals surface area contributed by atoms with Crippen molar-refractivity contribution < 1.29 is 27.8 Å². The van der Waals surface area contributed by atoms with E-state index in [2.05, 4.69) is 10.1 Å². The van der Waals surface area contributed by atoms with Gasteiger partial charge in [-0.3, -0.25) is 9.59 Å². The van der Waals surface area contributed by atoms with Crippen LogP contribution in [-0.2, 0) is 9.53 Å². The minimum absolute atomic E-state index is 0.0666. The van der Waals surface area contributed by atoms with Crippen molar-refractivity contribution in [2.45, 2.75) is 26.6 Å². The summed E-state index contributed by atoms with van der Waals surface area (Å²) in [7, 11) is 0. The number of benzene rings is 1. The van der Waals surface area contributed by atoms with Crippen molar-refractivity contribution in [3.8, 4) is 16.2 Å². The first-order valence-corrected chi connectivity index (χ1v) is 8.29. The molecule has 1 amide bonds. The minimum atomic E-state index is -2.87. The van der Waals surface area contributed by atoms with Gasteiger partial charge in [0.05, 0.1) is 11.0 Å². The van der Waals surface area contributed by atoms with Gasteiger partial charge in [-0.15, -0.1) is 11.3 Å². The van der Waals surface area contributed by atoms with Gasteiger partial charge in [-0.05, 0) is 55.8 Å². The van der Waals surface area contributed by atoms with E-state index < -0.39 is 12.6 Å². The first-order valence-electron chi connectivity index (χ1n) is 7.48. The van der Waals surface area contributed by atoms with Crippen molar-refractivity contribution in [1.29, 1.82) is 0 Å². The Morgan fingerprint density at radius 3 is 2.40 bits per heavy atom. The first kappa shape index (κ1) is 18.9. The highest BCUT2D eigenvalue weighted by molar-refractivity contribution is 7.17. The molecule has 2 rings (SSSR count). The molecule has 0 aliphatic rings. The predicted molar refractivity (Wildman–Crippen MR) is 89.9 cm³/mol. The predicted octanol–water partition coefficient (Wildman–Crippen LogP) is 3.70. The Morgan fingerprint density at radius 1 is 1.12 bits per heavy atom. The molecule has 0 unspecified atom stereocenters. The summed E-state index contributed by atoms with van der Waals surface area (Å²) in [6.07, 6.45) is -0.241. The molecule has 25 heavy (non-hydrogen) atoms. The van der Waals surface area contributed by atoms with Crippen LogP contribution < -0.4 is 10.1 Å². The molecule has 8 heteroatoms. The van der Waals surface area contributed by atoms with Crippen molar-refractivity contribution in [2.75, 3.05) is 6.54 Å². The van der Waals surface area contributed by atoms with E-state index >= 15 is 0 Å². The van der Waals surface area contributed by atoms with Crippen molar-refractivity contribution in [2.24, 2.45) is 0 Å². The number of ether oxygens (including phenoxy) is 2. The van der Waals surface area contributed by atoms with Gasteiger partial charge in [0, 0.05) is 4.88 Å². The number of rotatable bonds is 7. The molecule has 0 spiro atoms. The molecule has 0 aliphatic heterocycles. The normalized spacial score (nSPS) is 10.8. The molecular weight excluding hydrogens is 352 g/mol. The highest BCUT2D eigenvalue weighted by Gasteiger charge is 2.13. The number of thiophene rings is 1. The summed E-state index contributed by atoms with van der Waals surface area (Å²) in [6, 6.07) is 9.50. The molecule has 0 bridgehead atoms. The number of alkyl halides is 2. The zero-order valence-electron chi connectivity index (χ0n) is 13.6. The second-order valence-corrected chi connectivity index (χ2v) is 6.37. The summed E-state index contributed by atoms with van der Waals surface area (Å²) in [5, 5.41) is 2.49. The highest BCUT2D eigenvalue weighted by atomic mass is 32.1. The van der Waals surface area contributed by atoms with Crippen molar-refractivity contribution >= 4 is 23.2 Å². The fourth-order valence-electron chi connectivity index (χ4n) is 1.96. The largest absolute Gasteiger partial charge is 0.462 e. The third kappa shape index (κ3) is 5.82. The summed E-state index contributed by atoms with van der Waals surface area (Å²) in [4.78, 5) is 24.7. The van der Waals surface area contributed by atoms with Crippen molar-refractivity contribution in [1.82, 2.24) is 5.32 Å². The molecular formula is C17H17F2NO4S. The lowest BCUT2D eigenvalue weighted by Crippen LogP contribution is -2.31. The third-order valence-electron chi connectivity index (χ3n) is 2.95. The fraction of sp³-hybridized carbons (Fsp3) is 0.294. The fourth-order valence-corrected chi connectivity index (χ4v) is 2.89. The summed E-state index contributed by atoms with van der Waals surface area (Å²) in [6.45, 7) is 0.376. The second-order valence-electron chi connectivity index (χ2n) is 5.29. The Kier molecular flexibility index (Phi) is 6.46. The molecule has 1 heterocycles. The van der Waals surface area contributed by atoms with Crippen LogP contribution in [-0.4, -0.2) is 31.1 Å². The van der Waals surface area contributed by atoms with Crippen LogP contribution in [0.2, 0.25) is 0 Å². The molecule has 1 N–H and O–H groups in total. The molecule has 134 valence electrons. The van der Waals surface area contributed by atoms with Gasteiger partial charge in [0.2, 0.25) is 0 Å². The van der Waals surface area contributed by atoms with Gasteiger partial charge in [-0.1, -0.05) is 0 Å². The maximum absolute atomic E-state index is 12.1. The van der Waals surface area contributed by atoms with Crippen molar-refractivity contribution in [3.63, 3.8) is 0 Å². The van der Waals surface area contributed by atoms with Crippen LogP contribution in [0.3, 0.4) is 0 Å². The van der Waals surface area contributed by atoms with Crippen LogP contribution in [0.5, 0.6) is 5.75 Å². The lowest BCUT2D eigenvalue weighted by Gasteiger charge is -2.08. The van der Waals surface area contributed by atoms with E-state index in [1.54, 1.807) is 38.1 Å². The number of hydrogen-bond acceptors (Lipinski definition) is 5. The summed E-state index contributed by atoms with van der Waals surface area (Å²) >= 11 is 1.23. The summed E-state index contributed by atoms with van der Waals surface area (Å²) in [5.41, 5.74) is 0.768. The van der Waals surface area contributed by atoms with E-state index in [1.165, 1.54) is 23.5 Å². The number of carbonyl (C=O) groups is 2. The average Bonchev–Trinajstić information content (AvgIpc) is 3.02. The van der Waals surface area contributed by atoms with Crippen molar-refractivity contribution in [3.05, 3.63) is 41.3 Å². The van der Waals surface area contributed by atoms with Gasteiger partial charge in [-0.25, -0.2) is 0 Å². The van der Waals surface area contributed by atoms with E-state index in [0.29, 0.717) is 4.88 Å². The first-order chi connectivity index (χ1) is 11.8. The monoisotopic (exact) mass is 369 g/mol. The summed E-state index contributed by atoms with van der Waals surface area (Å²) < 4.78 is 33.5. The Morgan fingerprint density at radius 2 is 1.80 bits per heavy atom. The van der Waals surface area contributed by atoms with E-state index in [1.807, 2.05) is 0 Å². The van der Waals surface area contributed by atoms with Gasteiger partial charge >= 0.3 is 12.6 Å². The number of hydrogen-bond donors (Lipinski definition) is 1. The number of esters is 1. The van der Waals surface area contributed by atoms with Crippen LogP contribution in [0.25, 0.3) is 10.4 Å². The molecule has 0 atom stereocenters. The van der Waals surface area contributed by atoms with Crippen LogP contribution in [0.15, 0.2) is 36.4 Å². The molecule has 0 radical (unpaired) electrons. The Labute approximate surface area is 147 Å². The van der Waals surface area contributed by atoms with Crippen LogP contribution >= 0.6 is 11.3 Å². The molecule has 1 aromatic carbocycles. The van der Waals surface area contributed by atoms with Crippen LogP contribution in [0.1, 0.15) is 23.5 Å². The zero-order chi connectivity index (χ0) is 18.4. The average molecular weight is 369 g/mol. The van der Waals surface area contributed by atoms with E-state index in [0.717, 1.165) is 10.4 Å². The van der Waals surface area contributed by atoms with E-state index in [9.17, 15) is 18.4 Å². The quantitative estimate of drug-likeness (QED) is 0.756. The number of halogens is 2. The maximum Gasteiger partial charge on any atom is 0.387 e. The number of amides is 1. The topological polar surface area (TPSA) is 64.6 Å². The summed E-state index contributed by atoms with van der Waals surface area (Å²) in [5.74, 6) is -0.818. The zero-order valence-corrected chi connectivity index (χ0v) is 14.4. The standard InChI is InChI=1S/C17H17F2NO4S/c1-10(2)23-15(21)9-20-16(22)14-8-7-13(25-14)11-3-5-12(6-4-11)24-17(18)19/h3-8,10,17H,9H2,1-2H3,(H,20,22). The minimum Gasteiger partial charge on any atom is -0.462 e. The number of nitrogens with one attached hydrogen (secondary N) is 1. The Bertz CT molecular complexity index is 729. The van der Waals surface area contributed by atoms with Crippen LogP contribution in [0.4, 0.5) is 8.78 Å². The highest BCUT2D eigenvalue weighted by Crippen LogP contribution is 2.29. The Hall–Kier alpha value is -2.48. The molecule has 0 saturated carbocycles. The molecule has 0 aliphatic carbocycles. The third-order valence-corrected chi connectivity index (χ3v) is 4.09. The van der Waals surface area contributed by atoms with Gasteiger partial charge in [0.15, 0.2) is 0 Å². The molecule has 1 aromatic heterocycles. The molecule has 0 fully saturated rings. The second kappa shape index (κ2) is 8.57. The molecule has 2 aromatic rings. The lowest BCUT2D eigenvalue weighted by atomic mass is 10.2. The lowest BCUT2D eigenvalue weighted by molar-refractivity contribution is -0.146. The van der Waals surface area contributed by atoms with Gasteiger partial charge < -0.3 is 14.8 Å². The van der Waals surface area contributed by atoms with Gasteiger partial charge in [-0.2, -0.15) is 8.78 Å². The smallest absolute Gasteiger partial charge is 0.387 e. The van der Waals surface area contributed by atoms with Gasteiger partial charge in [0.1, 0.15) is 12.3 Å². The van der Waals surface area contributed by atoms with Crippen LogP contribution in [0, 0.1) is 0 Å². The van der Waals surface area contributed by atoms with E-state index in [-0.39, 0.29) is 24.3 Å². The van der Waals surface area contributed by atoms with Gasteiger partial charge in [0.25, 0.3) is 5.91 Å². The van der Waals surface area contributed by atoms with E-state index in [4.69, 9.17) is 4.74 Å². The SMILES string of the molecule is CC(C)OC(=O)CNC(=O)c1ccc(-c2ccc(OC(F)F)cc2)s1. The Balaban J connectivity index is 1.97. The maximum atomic E-state index is 12.1. The molecule has 5 nitrogen and oxygen atoms in total. The number of carbonyl (C=O) groups excluding carboxylic acids is 2.